The Labute approximate surface area is 149 Å². The van der Waals surface area contributed by atoms with Crippen LogP contribution in [0.3, 0.4) is 0 Å². The third-order valence-corrected chi connectivity index (χ3v) is 4.78. The maximum atomic E-state index is 12.3. The minimum absolute atomic E-state index is 0.00449. The molecule has 25 heavy (non-hydrogen) atoms. The summed E-state index contributed by atoms with van der Waals surface area (Å²) in [5.74, 6) is 1.35. The summed E-state index contributed by atoms with van der Waals surface area (Å²) in [6.45, 7) is 0. The largest absolute Gasteiger partial charge is 0.307 e. The van der Waals surface area contributed by atoms with Gasteiger partial charge in [0.15, 0.2) is 5.82 Å². The van der Waals surface area contributed by atoms with Crippen LogP contribution in [-0.2, 0) is 4.79 Å². The van der Waals surface area contributed by atoms with Crippen molar-refractivity contribution in [2.75, 3.05) is 5.32 Å². The lowest BCUT2D eigenvalue weighted by molar-refractivity contribution is -0.122. The Morgan fingerprint density at radius 1 is 1.08 bits per heavy atom. The Hall–Kier alpha value is -2.73. The van der Waals surface area contributed by atoms with E-state index in [1.54, 1.807) is 12.4 Å². The molecule has 1 aliphatic rings. The summed E-state index contributed by atoms with van der Waals surface area (Å²) < 4.78 is 0. The summed E-state index contributed by atoms with van der Waals surface area (Å²) >= 11 is 5.91. The number of rotatable bonds is 4. The van der Waals surface area contributed by atoms with Crippen LogP contribution in [0.2, 0.25) is 5.02 Å². The molecule has 0 aliphatic heterocycles. The van der Waals surface area contributed by atoms with E-state index in [1.165, 1.54) is 5.56 Å². The first-order chi connectivity index (χ1) is 12.2. The van der Waals surface area contributed by atoms with E-state index in [1.807, 2.05) is 36.4 Å². The molecule has 126 valence electrons. The molecule has 0 unspecified atom stereocenters. The fourth-order valence-corrected chi connectivity index (χ4v) is 3.14. The number of anilines is 1. The minimum Gasteiger partial charge on any atom is -0.307 e. The number of aromatic nitrogens is 4. The van der Waals surface area contributed by atoms with E-state index in [2.05, 4.69) is 25.5 Å². The molecule has 2 aromatic heterocycles. The van der Waals surface area contributed by atoms with E-state index in [0.29, 0.717) is 17.7 Å². The van der Waals surface area contributed by atoms with Gasteiger partial charge in [-0.05, 0) is 48.6 Å². The molecule has 1 aromatic carbocycles. The lowest BCUT2D eigenvalue weighted by Gasteiger charge is -2.34. The number of pyridine rings is 1. The van der Waals surface area contributed by atoms with E-state index in [-0.39, 0.29) is 11.8 Å². The Kier molecular flexibility index (Phi) is 4.19. The molecule has 1 amide bonds. The summed E-state index contributed by atoms with van der Waals surface area (Å²) in [5.41, 5.74) is 2.10. The fourth-order valence-electron chi connectivity index (χ4n) is 3.02. The zero-order valence-corrected chi connectivity index (χ0v) is 14.1. The number of hydrogen-bond donors (Lipinski definition) is 2. The van der Waals surface area contributed by atoms with Crippen LogP contribution in [0.5, 0.6) is 0 Å². The summed E-state index contributed by atoms with van der Waals surface area (Å²) in [4.78, 5) is 19.3. The van der Waals surface area contributed by atoms with Gasteiger partial charge in [-0.1, -0.05) is 23.7 Å². The first-order valence-electron chi connectivity index (χ1n) is 8.08. The molecule has 7 heteroatoms. The molecule has 0 radical (unpaired) electrons. The second-order valence-electron chi connectivity index (χ2n) is 6.16. The van der Waals surface area contributed by atoms with Gasteiger partial charge in [-0.3, -0.25) is 15.1 Å². The van der Waals surface area contributed by atoms with Gasteiger partial charge in [0.25, 0.3) is 0 Å². The van der Waals surface area contributed by atoms with E-state index in [0.717, 1.165) is 23.4 Å². The van der Waals surface area contributed by atoms with E-state index >= 15 is 0 Å². The normalized spacial score (nSPS) is 19.2. The average Bonchev–Trinajstić information content (AvgIpc) is 3.04. The maximum Gasteiger partial charge on any atom is 0.229 e. The maximum absolute atomic E-state index is 12.3. The molecule has 0 saturated heterocycles. The van der Waals surface area contributed by atoms with Crippen LogP contribution in [0.4, 0.5) is 5.95 Å². The van der Waals surface area contributed by atoms with Crippen molar-refractivity contribution in [1.82, 2.24) is 20.2 Å². The summed E-state index contributed by atoms with van der Waals surface area (Å²) in [7, 11) is 0. The van der Waals surface area contributed by atoms with Gasteiger partial charge in [0.2, 0.25) is 11.9 Å². The molecule has 3 aromatic rings. The van der Waals surface area contributed by atoms with Crippen LogP contribution >= 0.6 is 11.6 Å². The Morgan fingerprint density at radius 2 is 1.80 bits per heavy atom. The highest BCUT2D eigenvalue weighted by Crippen LogP contribution is 2.42. The van der Waals surface area contributed by atoms with Gasteiger partial charge in [0.05, 0.1) is 0 Å². The predicted octanol–water partition coefficient (Wildman–Crippen LogP) is 3.65. The molecule has 0 spiro atoms. The van der Waals surface area contributed by atoms with Crippen molar-refractivity contribution in [2.45, 2.75) is 18.8 Å². The number of amides is 1. The van der Waals surface area contributed by atoms with Crippen LogP contribution in [0.1, 0.15) is 24.3 Å². The highest BCUT2D eigenvalue weighted by atomic mass is 35.5. The van der Waals surface area contributed by atoms with Gasteiger partial charge in [0, 0.05) is 28.9 Å². The van der Waals surface area contributed by atoms with Gasteiger partial charge in [-0.2, -0.15) is 0 Å². The van der Waals surface area contributed by atoms with Crippen LogP contribution in [0.15, 0.2) is 48.8 Å². The molecule has 6 nitrogen and oxygen atoms in total. The lowest BCUT2D eigenvalue weighted by Crippen LogP contribution is -2.33. The quantitative estimate of drug-likeness (QED) is 0.749. The molecule has 2 N–H and O–H groups in total. The SMILES string of the molecule is O=C(Nc1nnc(-c2ccncc2)[nH]1)[C@H]1C[C@H](c2ccc(Cl)cc2)C1. The van der Waals surface area contributed by atoms with Gasteiger partial charge < -0.3 is 4.98 Å². The molecule has 0 atom stereocenters. The Bertz CT molecular complexity index is 872. The van der Waals surface area contributed by atoms with Crippen LogP contribution < -0.4 is 5.32 Å². The van der Waals surface area contributed by atoms with E-state index in [9.17, 15) is 4.79 Å². The third kappa shape index (κ3) is 3.39. The van der Waals surface area contributed by atoms with Crippen LogP contribution in [0.25, 0.3) is 11.4 Å². The average molecular weight is 354 g/mol. The third-order valence-electron chi connectivity index (χ3n) is 4.53. The van der Waals surface area contributed by atoms with Crippen molar-refractivity contribution in [1.29, 1.82) is 0 Å². The fraction of sp³-hybridized carbons (Fsp3) is 0.222. The van der Waals surface area contributed by atoms with Gasteiger partial charge in [-0.15, -0.1) is 10.2 Å². The highest BCUT2D eigenvalue weighted by molar-refractivity contribution is 6.30. The number of H-pyrrole nitrogens is 1. The molecule has 2 heterocycles. The number of carbonyl (C=O) groups is 1. The van der Waals surface area contributed by atoms with Crippen molar-refractivity contribution in [3.8, 4) is 11.4 Å². The molecular weight excluding hydrogens is 338 g/mol. The molecule has 0 bridgehead atoms. The highest BCUT2D eigenvalue weighted by Gasteiger charge is 2.35. The number of hydrogen-bond acceptors (Lipinski definition) is 4. The molecule has 1 aliphatic carbocycles. The molecular formula is C18H16ClN5O. The molecule has 4 rings (SSSR count). The zero-order valence-electron chi connectivity index (χ0n) is 13.3. The summed E-state index contributed by atoms with van der Waals surface area (Å²) in [5, 5.41) is 11.6. The van der Waals surface area contributed by atoms with Gasteiger partial charge in [-0.25, -0.2) is 0 Å². The first-order valence-corrected chi connectivity index (χ1v) is 8.46. The van der Waals surface area contributed by atoms with Crippen molar-refractivity contribution in [3.63, 3.8) is 0 Å². The number of nitrogens with zero attached hydrogens (tertiary/aromatic N) is 3. The van der Waals surface area contributed by atoms with Crippen LogP contribution in [0, 0.1) is 5.92 Å². The van der Waals surface area contributed by atoms with Crippen molar-refractivity contribution >= 4 is 23.5 Å². The van der Waals surface area contributed by atoms with Crippen LogP contribution in [-0.4, -0.2) is 26.1 Å². The second kappa shape index (κ2) is 6.64. The van der Waals surface area contributed by atoms with E-state index < -0.39 is 0 Å². The number of nitrogens with one attached hydrogen (secondary N) is 2. The second-order valence-corrected chi connectivity index (χ2v) is 6.60. The number of carbonyl (C=O) groups excluding carboxylic acids is 1. The lowest BCUT2D eigenvalue weighted by atomic mass is 9.71. The Balaban J connectivity index is 1.34. The summed E-state index contributed by atoms with van der Waals surface area (Å²) in [6, 6.07) is 11.5. The van der Waals surface area contributed by atoms with Crippen molar-refractivity contribution in [3.05, 3.63) is 59.4 Å². The predicted molar refractivity (Wildman–Crippen MR) is 95.2 cm³/mol. The number of aromatic amines is 1. The number of halogens is 1. The smallest absolute Gasteiger partial charge is 0.229 e. The molecule has 1 fully saturated rings. The molecule has 1 saturated carbocycles. The standard InChI is InChI=1S/C18H16ClN5O/c19-15-3-1-11(2-4-15)13-9-14(10-13)17(25)22-18-21-16(23-24-18)12-5-7-20-8-6-12/h1-8,13-14H,9-10H2,(H2,21,22,23,24,25)/t13-,14-. The van der Waals surface area contributed by atoms with E-state index in [4.69, 9.17) is 11.6 Å². The Morgan fingerprint density at radius 3 is 2.52 bits per heavy atom. The van der Waals surface area contributed by atoms with Gasteiger partial charge in [0.1, 0.15) is 0 Å². The monoisotopic (exact) mass is 353 g/mol. The zero-order chi connectivity index (χ0) is 17.2. The van der Waals surface area contributed by atoms with Gasteiger partial charge >= 0.3 is 0 Å². The topological polar surface area (TPSA) is 83.6 Å². The van der Waals surface area contributed by atoms with Crippen molar-refractivity contribution in [2.24, 2.45) is 5.92 Å². The first kappa shape index (κ1) is 15.8. The summed E-state index contributed by atoms with van der Waals surface area (Å²) in [6.07, 6.45) is 5.03. The van der Waals surface area contributed by atoms with Crippen molar-refractivity contribution < 1.29 is 4.79 Å². The minimum atomic E-state index is -0.0253. The number of benzene rings is 1.